The van der Waals surface area contributed by atoms with Gasteiger partial charge in [-0.1, -0.05) is 11.6 Å². The van der Waals surface area contributed by atoms with Crippen molar-refractivity contribution in [3.05, 3.63) is 23.0 Å². The number of rotatable bonds is 4. The fraction of sp³-hybridized carbons (Fsp3) is 0.455. The van der Waals surface area contributed by atoms with Gasteiger partial charge in [0, 0.05) is 12.2 Å². The molecule has 0 saturated carbocycles. The van der Waals surface area contributed by atoms with E-state index in [0.29, 0.717) is 10.7 Å². The van der Waals surface area contributed by atoms with Crippen LogP contribution >= 0.6 is 11.6 Å². The molecule has 0 aliphatic carbocycles. The van der Waals surface area contributed by atoms with Crippen LogP contribution in [0.4, 0.5) is 0 Å². The van der Waals surface area contributed by atoms with Crippen molar-refractivity contribution < 1.29 is 14.3 Å². The lowest BCUT2D eigenvalue weighted by molar-refractivity contribution is -0.139. The van der Waals surface area contributed by atoms with E-state index in [2.05, 4.69) is 10.1 Å². The van der Waals surface area contributed by atoms with Crippen molar-refractivity contribution in [1.29, 1.82) is 0 Å². The zero-order valence-electron chi connectivity index (χ0n) is 9.99. The molecule has 0 aliphatic rings. The van der Waals surface area contributed by atoms with E-state index in [-0.39, 0.29) is 18.5 Å². The maximum Gasteiger partial charge on any atom is 0.325 e. The third kappa shape index (κ3) is 3.49. The third-order valence-electron chi connectivity index (χ3n) is 2.23. The van der Waals surface area contributed by atoms with Crippen LogP contribution in [0, 0.1) is 0 Å². The van der Waals surface area contributed by atoms with E-state index in [1.165, 1.54) is 7.11 Å². The predicted molar refractivity (Wildman–Crippen MR) is 64.2 cm³/mol. The van der Waals surface area contributed by atoms with Gasteiger partial charge in [0.2, 0.25) is 0 Å². The number of carbonyl (C=O) groups excluding carboxylic acids is 2. The number of hydrogen-bond acceptors (Lipinski definition) is 3. The first-order valence-electron chi connectivity index (χ1n) is 5.18. The van der Waals surface area contributed by atoms with Gasteiger partial charge < -0.3 is 14.6 Å². The summed E-state index contributed by atoms with van der Waals surface area (Å²) in [7, 11) is 1.27. The minimum Gasteiger partial charge on any atom is -0.468 e. The van der Waals surface area contributed by atoms with Gasteiger partial charge in [-0.05, 0) is 19.9 Å². The van der Waals surface area contributed by atoms with E-state index < -0.39 is 5.97 Å². The molecule has 0 unspecified atom stereocenters. The van der Waals surface area contributed by atoms with Crippen LogP contribution in [-0.2, 0) is 9.53 Å². The van der Waals surface area contributed by atoms with Crippen LogP contribution in [0.15, 0.2) is 12.3 Å². The summed E-state index contributed by atoms with van der Waals surface area (Å²) in [6.45, 7) is 3.72. The SMILES string of the molecule is COC(=O)CNC(=O)c1cc(Cl)cn1C(C)C. The molecule has 0 fully saturated rings. The molecule has 1 aromatic heterocycles. The lowest BCUT2D eigenvalue weighted by atomic mass is 10.3. The van der Waals surface area contributed by atoms with Crippen molar-refractivity contribution in [1.82, 2.24) is 9.88 Å². The van der Waals surface area contributed by atoms with E-state index >= 15 is 0 Å². The van der Waals surface area contributed by atoms with Crippen molar-refractivity contribution in [2.24, 2.45) is 0 Å². The number of amides is 1. The summed E-state index contributed by atoms with van der Waals surface area (Å²) in [5, 5.41) is 2.95. The minimum atomic E-state index is -0.493. The topological polar surface area (TPSA) is 60.3 Å². The maximum atomic E-state index is 11.8. The second-order valence-electron chi connectivity index (χ2n) is 3.80. The second kappa shape index (κ2) is 5.72. The molecule has 94 valence electrons. The van der Waals surface area contributed by atoms with Gasteiger partial charge in [0.25, 0.3) is 5.91 Å². The number of nitrogens with zero attached hydrogens (tertiary/aromatic N) is 1. The van der Waals surface area contributed by atoms with E-state index in [0.717, 1.165) is 0 Å². The van der Waals surface area contributed by atoms with Crippen LogP contribution in [0.25, 0.3) is 0 Å². The summed E-state index contributed by atoms with van der Waals surface area (Å²) in [6.07, 6.45) is 1.68. The predicted octanol–water partition coefficient (Wildman–Crippen LogP) is 1.63. The minimum absolute atomic E-state index is 0.112. The highest BCUT2D eigenvalue weighted by Crippen LogP contribution is 2.18. The van der Waals surface area contributed by atoms with E-state index in [1.54, 1.807) is 16.8 Å². The van der Waals surface area contributed by atoms with Gasteiger partial charge in [-0.25, -0.2) is 0 Å². The van der Waals surface area contributed by atoms with Gasteiger partial charge in [0.1, 0.15) is 12.2 Å². The van der Waals surface area contributed by atoms with Gasteiger partial charge in [-0.3, -0.25) is 9.59 Å². The summed E-state index contributed by atoms with van der Waals surface area (Å²) in [5.74, 6) is -0.844. The van der Waals surface area contributed by atoms with Crippen LogP contribution in [0.2, 0.25) is 5.02 Å². The Kier molecular flexibility index (Phi) is 4.57. The standard InChI is InChI=1S/C11H15ClN2O3/c1-7(2)14-6-8(12)4-9(14)11(16)13-5-10(15)17-3/h4,6-7H,5H2,1-3H3,(H,13,16). The van der Waals surface area contributed by atoms with Crippen molar-refractivity contribution in [2.45, 2.75) is 19.9 Å². The summed E-state index contributed by atoms with van der Waals surface area (Å²) >= 11 is 5.85. The average Bonchev–Trinajstić information content (AvgIpc) is 2.67. The Morgan fingerprint density at radius 2 is 2.18 bits per heavy atom. The monoisotopic (exact) mass is 258 g/mol. The third-order valence-corrected chi connectivity index (χ3v) is 2.43. The molecule has 0 aliphatic heterocycles. The van der Waals surface area contributed by atoms with E-state index in [1.807, 2.05) is 13.8 Å². The van der Waals surface area contributed by atoms with Gasteiger partial charge in [-0.2, -0.15) is 0 Å². The molecule has 1 aromatic rings. The van der Waals surface area contributed by atoms with Crippen molar-refractivity contribution in [3.8, 4) is 0 Å². The van der Waals surface area contributed by atoms with Gasteiger partial charge >= 0.3 is 5.97 Å². The number of ether oxygens (including phenoxy) is 1. The zero-order valence-corrected chi connectivity index (χ0v) is 10.7. The van der Waals surface area contributed by atoms with Crippen LogP contribution in [0.5, 0.6) is 0 Å². The molecule has 0 radical (unpaired) electrons. The average molecular weight is 259 g/mol. The quantitative estimate of drug-likeness (QED) is 0.835. The van der Waals surface area contributed by atoms with E-state index in [4.69, 9.17) is 11.6 Å². The molecular formula is C11H15ClN2O3. The smallest absolute Gasteiger partial charge is 0.325 e. The molecule has 1 heterocycles. The number of carbonyl (C=O) groups is 2. The second-order valence-corrected chi connectivity index (χ2v) is 4.24. The highest BCUT2D eigenvalue weighted by Gasteiger charge is 2.15. The lowest BCUT2D eigenvalue weighted by Gasteiger charge is -2.12. The van der Waals surface area contributed by atoms with Gasteiger partial charge in [0.05, 0.1) is 12.1 Å². The molecule has 6 heteroatoms. The van der Waals surface area contributed by atoms with Crippen LogP contribution in [0.1, 0.15) is 30.4 Å². The molecule has 1 N–H and O–H groups in total. The van der Waals surface area contributed by atoms with Crippen LogP contribution < -0.4 is 5.32 Å². The Labute approximate surface area is 105 Å². The normalized spacial score (nSPS) is 10.4. The Morgan fingerprint density at radius 3 is 2.71 bits per heavy atom. The first-order valence-corrected chi connectivity index (χ1v) is 5.56. The number of methoxy groups -OCH3 is 1. The molecule has 0 spiro atoms. The first kappa shape index (κ1) is 13.6. The fourth-order valence-electron chi connectivity index (χ4n) is 1.37. The van der Waals surface area contributed by atoms with Gasteiger partial charge in [0.15, 0.2) is 0 Å². The molecular weight excluding hydrogens is 244 g/mol. The molecule has 0 bridgehead atoms. The Hall–Kier alpha value is -1.49. The highest BCUT2D eigenvalue weighted by atomic mass is 35.5. The van der Waals surface area contributed by atoms with Crippen molar-refractivity contribution in [2.75, 3.05) is 13.7 Å². The Bertz CT molecular complexity index is 426. The molecule has 17 heavy (non-hydrogen) atoms. The highest BCUT2D eigenvalue weighted by molar-refractivity contribution is 6.31. The largest absolute Gasteiger partial charge is 0.468 e. The molecule has 1 amide bonds. The van der Waals surface area contributed by atoms with Crippen molar-refractivity contribution >= 4 is 23.5 Å². The molecule has 1 rings (SSSR count). The van der Waals surface area contributed by atoms with Crippen LogP contribution in [-0.4, -0.2) is 30.1 Å². The van der Waals surface area contributed by atoms with Crippen LogP contribution in [0.3, 0.4) is 0 Å². The number of aromatic nitrogens is 1. The number of esters is 1. The summed E-state index contributed by atoms with van der Waals surface area (Å²) in [5.41, 5.74) is 0.425. The maximum absolute atomic E-state index is 11.8. The summed E-state index contributed by atoms with van der Waals surface area (Å²) in [6, 6.07) is 1.68. The summed E-state index contributed by atoms with van der Waals surface area (Å²) < 4.78 is 6.18. The number of halogens is 1. The lowest BCUT2D eigenvalue weighted by Crippen LogP contribution is -2.31. The van der Waals surface area contributed by atoms with Crippen molar-refractivity contribution in [3.63, 3.8) is 0 Å². The zero-order chi connectivity index (χ0) is 13.0. The first-order chi connectivity index (χ1) is 7.95. The van der Waals surface area contributed by atoms with E-state index in [9.17, 15) is 9.59 Å². The molecule has 0 saturated heterocycles. The molecule has 5 nitrogen and oxygen atoms in total. The number of hydrogen-bond donors (Lipinski definition) is 1. The number of nitrogens with one attached hydrogen (secondary N) is 1. The summed E-state index contributed by atoms with van der Waals surface area (Å²) in [4.78, 5) is 22.7. The molecule has 0 aromatic carbocycles. The fourth-order valence-corrected chi connectivity index (χ4v) is 1.58. The Balaban J connectivity index is 2.78. The van der Waals surface area contributed by atoms with Gasteiger partial charge in [-0.15, -0.1) is 0 Å². The molecule has 0 atom stereocenters. The Morgan fingerprint density at radius 1 is 1.53 bits per heavy atom.